The largest absolute Gasteiger partial charge is 0.376 e. The Morgan fingerprint density at radius 2 is 1.78 bits per heavy atom. The second-order valence-corrected chi connectivity index (χ2v) is 5.10. The molecule has 0 saturated carbocycles. The first kappa shape index (κ1) is 15.0. The Morgan fingerprint density at radius 1 is 1.11 bits per heavy atom. The molecule has 2 nitrogen and oxygen atoms in total. The van der Waals surface area contributed by atoms with E-state index in [-0.39, 0.29) is 0 Å². The van der Waals surface area contributed by atoms with Gasteiger partial charge in [-0.3, -0.25) is 0 Å². The number of aryl methyl sites for hydroxylation is 1. The fourth-order valence-electron chi connectivity index (χ4n) is 2.09. The molecule has 0 atom stereocenters. The topological polar surface area (TPSA) is 38.0 Å². The van der Waals surface area contributed by atoms with Crippen molar-refractivity contribution in [2.24, 2.45) is 5.73 Å². The van der Waals surface area contributed by atoms with Crippen molar-refractivity contribution < 1.29 is 0 Å². The standard InChI is InChI=1S/C15H24N2S/c1-2-3-4-5-6-7-10-13-11-8-9-12-14(13)17-15(16)18/h8-9,11-12H,2-7,10H2,1H3,(H3,16,17,18). The maximum absolute atomic E-state index is 5.52. The Balaban J connectivity index is 2.34. The minimum atomic E-state index is 0.338. The number of hydrogen-bond donors (Lipinski definition) is 2. The zero-order valence-electron chi connectivity index (χ0n) is 11.2. The number of thiocarbonyl (C=S) groups is 1. The van der Waals surface area contributed by atoms with Crippen LogP contribution in [0.5, 0.6) is 0 Å². The van der Waals surface area contributed by atoms with Gasteiger partial charge in [-0.25, -0.2) is 0 Å². The van der Waals surface area contributed by atoms with Crippen LogP contribution < -0.4 is 11.1 Å². The van der Waals surface area contributed by atoms with E-state index in [1.807, 2.05) is 12.1 Å². The third-order valence-electron chi connectivity index (χ3n) is 3.07. The summed E-state index contributed by atoms with van der Waals surface area (Å²) in [6, 6.07) is 8.25. The van der Waals surface area contributed by atoms with Gasteiger partial charge in [0.2, 0.25) is 0 Å². The van der Waals surface area contributed by atoms with Gasteiger partial charge in [-0.05, 0) is 36.7 Å². The van der Waals surface area contributed by atoms with Gasteiger partial charge < -0.3 is 11.1 Å². The molecule has 0 unspecified atom stereocenters. The van der Waals surface area contributed by atoms with Crippen LogP contribution in [0.2, 0.25) is 0 Å². The molecule has 0 amide bonds. The number of benzene rings is 1. The van der Waals surface area contributed by atoms with E-state index in [1.54, 1.807) is 0 Å². The molecule has 0 aliphatic rings. The number of anilines is 1. The van der Waals surface area contributed by atoms with Gasteiger partial charge in [0.1, 0.15) is 0 Å². The van der Waals surface area contributed by atoms with Crippen LogP contribution in [-0.2, 0) is 6.42 Å². The average molecular weight is 264 g/mol. The summed E-state index contributed by atoms with van der Waals surface area (Å²) >= 11 is 4.89. The maximum atomic E-state index is 5.52. The quantitative estimate of drug-likeness (QED) is 0.544. The molecule has 1 rings (SSSR count). The van der Waals surface area contributed by atoms with Crippen LogP contribution in [0.25, 0.3) is 0 Å². The zero-order valence-corrected chi connectivity index (χ0v) is 12.1. The van der Waals surface area contributed by atoms with Gasteiger partial charge >= 0.3 is 0 Å². The van der Waals surface area contributed by atoms with E-state index in [0.717, 1.165) is 12.1 Å². The Kier molecular flexibility index (Phi) is 7.42. The predicted octanol–water partition coefficient (Wildman–Crippen LogP) is 4.25. The highest BCUT2D eigenvalue weighted by Crippen LogP contribution is 2.18. The molecule has 0 aliphatic carbocycles. The third-order valence-corrected chi connectivity index (χ3v) is 3.18. The van der Waals surface area contributed by atoms with Gasteiger partial charge in [0.15, 0.2) is 5.11 Å². The molecular weight excluding hydrogens is 240 g/mol. The Bertz CT molecular complexity index is 363. The van der Waals surface area contributed by atoms with Gasteiger partial charge in [-0.1, -0.05) is 57.2 Å². The summed E-state index contributed by atoms with van der Waals surface area (Å²) in [6.45, 7) is 2.25. The lowest BCUT2D eigenvalue weighted by atomic mass is 10.0. The van der Waals surface area contributed by atoms with Crippen LogP contribution in [0.1, 0.15) is 51.0 Å². The smallest absolute Gasteiger partial charge is 0.168 e. The average Bonchev–Trinajstić information content (AvgIpc) is 2.35. The number of hydrogen-bond acceptors (Lipinski definition) is 1. The second kappa shape index (κ2) is 8.92. The van der Waals surface area contributed by atoms with Crippen LogP contribution in [0.4, 0.5) is 5.69 Å². The number of unbranched alkanes of at least 4 members (excludes halogenated alkanes) is 5. The summed E-state index contributed by atoms with van der Waals surface area (Å²) in [5.41, 5.74) is 7.88. The van der Waals surface area contributed by atoms with Crippen LogP contribution in [0.15, 0.2) is 24.3 Å². The highest BCUT2D eigenvalue weighted by Gasteiger charge is 2.01. The van der Waals surface area contributed by atoms with Gasteiger partial charge in [-0.2, -0.15) is 0 Å². The van der Waals surface area contributed by atoms with Crippen LogP contribution in [0, 0.1) is 0 Å². The maximum Gasteiger partial charge on any atom is 0.168 e. The highest BCUT2D eigenvalue weighted by molar-refractivity contribution is 7.80. The summed E-state index contributed by atoms with van der Waals surface area (Å²) in [4.78, 5) is 0. The number of para-hydroxylation sites is 1. The first-order chi connectivity index (χ1) is 8.74. The van der Waals surface area contributed by atoms with Crippen molar-refractivity contribution in [3.63, 3.8) is 0 Å². The Hall–Kier alpha value is -1.09. The van der Waals surface area contributed by atoms with Crippen molar-refractivity contribution in [3.8, 4) is 0 Å². The minimum absolute atomic E-state index is 0.338. The number of rotatable bonds is 8. The summed E-state index contributed by atoms with van der Waals surface area (Å²) in [5, 5.41) is 3.38. The zero-order chi connectivity index (χ0) is 13.2. The van der Waals surface area contributed by atoms with E-state index in [0.29, 0.717) is 5.11 Å². The first-order valence-corrected chi connectivity index (χ1v) is 7.29. The molecule has 0 radical (unpaired) electrons. The van der Waals surface area contributed by atoms with Gasteiger partial charge in [-0.15, -0.1) is 0 Å². The normalized spacial score (nSPS) is 10.3. The minimum Gasteiger partial charge on any atom is -0.376 e. The molecule has 3 N–H and O–H groups in total. The van der Waals surface area contributed by atoms with Crippen LogP contribution in [0.3, 0.4) is 0 Å². The third kappa shape index (κ3) is 6.01. The van der Waals surface area contributed by atoms with Crippen LogP contribution >= 0.6 is 12.2 Å². The fraction of sp³-hybridized carbons (Fsp3) is 0.533. The molecule has 0 fully saturated rings. The molecule has 100 valence electrons. The number of nitrogens with one attached hydrogen (secondary N) is 1. The van der Waals surface area contributed by atoms with Crippen molar-refractivity contribution in [2.75, 3.05) is 5.32 Å². The Labute approximate surface area is 116 Å². The van der Waals surface area contributed by atoms with E-state index in [9.17, 15) is 0 Å². The van der Waals surface area contributed by atoms with Gasteiger partial charge in [0, 0.05) is 5.69 Å². The van der Waals surface area contributed by atoms with E-state index in [1.165, 1.54) is 44.1 Å². The molecule has 1 aromatic rings. The molecule has 3 heteroatoms. The monoisotopic (exact) mass is 264 g/mol. The Morgan fingerprint density at radius 3 is 2.50 bits per heavy atom. The van der Waals surface area contributed by atoms with Gasteiger partial charge in [0.25, 0.3) is 0 Å². The first-order valence-electron chi connectivity index (χ1n) is 6.88. The van der Waals surface area contributed by atoms with E-state index in [2.05, 4.69) is 24.4 Å². The predicted molar refractivity (Wildman–Crippen MR) is 83.9 cm³/mol. The fourth-order valence-corrected chi connectivity index (χ4v) is 2.20. The van der Waals surface area contributed by atoms with Crippen molar-refractivity contribution >= 4 is 23.0 Å². The molecular formula is C15H24N2S. The summed E-state index contributed by atoms with van der Waals surface area (Å²) < 4.78 is 0. The summed E-state index contributed by atoms with van der Waals surface area (Å²) in [7, 11) is 0. The lowest BCUT2D eigenvalue weighted by Crippen LogP contribution is -2.19. The summed E-state index contributed by atoms with van der Waals surface area (Å²) in [5.74, 6) is 0. The molecule has 0 spiro atoms. The van der Waals surface area contributed by atoms with Crippen molar-refractivity contribution in [1.29, 1.82) is 0 Å². The molecule has 0 saturated heterocycles. The molecule has 1 aromatic carbocycles. The van der Waals surface area contributed by atoms with Crippen LogP contribution in [-0.4, -0.2) is 5.11 Å². The molecule has 18 heavy (non-hydrogen) atoms. The molecule has 0 bridgehead atoms. The molecule has 0 aromatic heterocycles. The SMILES string of the molecule is CCCCCCCCc1ccccc1NC(N)=S. The second-order valence-electron chi connectivity index (χ2n) is 4.66. The van der Waals surface area contributed by atoms with Crippen molar-refractivity contribution in [1.82, 2.24) is 0 Å². The van der Waals surface area contributed by atoms with Gasteiger partial charge in [0.05, 0.1) is 0 Å². The van der Waals surface area contributed by atoms with Crippen molar-refractivity contribution in [2.45, 2.75) is 51.9 Å². The summed E-state index contributed by atoms with van der Waals surface area (Å²) in [6.07, 6.45) is 9.02. The van der Waals surface area contributed by atoms with E-state index >= 15 is 0 Å². The van der Waals surface area contributed by atoms with E-state index in [4.69, 9.17) is 18.0 Å². The lowest BCUT2D eigenvalue weighted by molar-refractivity contribution is 0.608. The number of nitrogens with two attached hydrogens (primary N) is 1. The molecule has 0 aliphatic heterocycles. The molecule has 0 heterocycles. The highest BCUT2D eigenvalue weighted by atomic mass is 32.1. The van der Waals surface area contributed by atoms with Crippen molar-refractivity contribution in [3.05, 3.63) is 29.8 Å². The van der Waals surface area contributed by atoms with E-state index < -0.39 is 0 Å². The lowest BCUT2D eigenvalue weighted by Gasteiger charge is -2.10.